The lowest BCUT2D eigenvalue weighted by molar-refractivity contribution is -0.262. The molecular weight excluding hydrogens is 296 g/mol. The average molecular weight is 320 g/mol. The number of aliphatic hydroxyl groups excluding tert-OH is 3. The Labute approximate surface area is 128 Å². The van der Waals surface area contributed by atoms with Gasteiger partial charge in [0.25, 0.3) is 0 Å². The average Bonchev–Trinajstić information content (AvgIpc) is 2.99. The van der Waals surface area contributed by atoms with Crippen LogP contribution in [0.4, 0.5) is 0 Å². The second-order valence-electron chi connectivity index (χ2n) is 6.96. The van der Waals surface area contributed by atoms with E-state index < -0.39 is 54.5 Å². The van der Waals surface area contributed by atoms with Crippen LogP contribution >= 0.6 is 0 Å². The molecule has 0 aliphatic carbocycles. The van der Waals surface area contributed by atoms with Gasteiger partial charge < -0.3 is 39.0 Å². The molecular formula is C14H24O8. The lowest BCUT2D eigenvalue weighted by Crippen LogP contribution is -2.52. The molecule has 0 saturated carbocycles. The van der Waals surface area contributed by atoms with Gasteiger partial charge in [0, 0.05) is 0 Å². The van der Waals surface area contributed by atoms with Crippen LogP contribution in [0.3, 0.4) is 0 Å². The minimum Gasteiger partial charge on any atom is -0.393 e. The first-order valence-electron chi connectivity index (χ1n) is 7.42. The lowest BCUT2D eigenvalue weighted by Gasteiger charge is -2.28. The van der Waals surface area contributed by atoms with Crippen molar-refractivity contribution in [2.75, 3.05) is 13.2 Å². The molecule has 3 N–H and O–H groups in total. The number of fused-ring (bicyclic) bond motifs is 1. The minimum absolute atomic E-state index is 0.202. The molecule has 3 saturated heterocycles. The van der Waals surface area contributed by atoms with E-state index >= 15 is 0 Å². The van der Waals surface area contributed by atoms with Gasteiger partial charge in [0.05, 0.1) is 13.2 Å². The quantitative estimate of drug-likeness (QED) is 0.614. The Morgan fingerprint density at radius 3 is 2.36 bits per heavy atom. The fourth-order valence-electron chi connectivity index (χ4n) is 3.37. The van der Waals surface area contributed by atoms with Gasteiger partial charge in [-0.25, -0.2) is 0 Å². The molecule has 0 amide bonds. The van der Waals surface area contributed by atoms with E-state index in [2.05, 4.69) is 0 Å². The zero-order valence-electron chi connectivity index (χ0n) is 13.2. The van der Waals surface area contributed by atoms with Gasteiger partial charge in [-0.2, -0.15) is 0 Å². The molecule has 0 unspecified atom stereocenters. The van der Waals surface area contributed by atoms with E-state index in [1.165, 1.54) is 0 Å². The lowest BCUT2D eigenvalue weighted by atomic mass is 9.92. The van der Waals surface area contributed by atoms with Crippen molar-refractivity contribution < 1.29 is 39.0 Å². The summed E-state index contributed by atoms with van der Waals surface area (Å²) >= 11 is 0. The zero-order chi connectivity index (χ0) is 16.3. The maximum Gasteiger partial charge on any atom is 0.189 e. The number of ether oxygens (including phenoxy) is 5. The minimum atomic E-state index is -1.41. The second kappa shape index (κ2) is 5.09. The van der Waals surface area contributed by atoms with Crippen LogP contribution in [0.2, 0.25) is 0 Å². The molecule has 3 fully saturated rings. The van der Waals surface area contributed by atoms with Crippen LogP contribution in [0.25, 0.3) is 0 Å². The highest BCUT2D eigenvalue weighted by Gasteiger charge is 2.67. The molecule has 128 valence electrons. The molecule has 0 aromatic heterocycles. The Morgan fingerprint density at radius 2 is 1.82 bits per heavy atom. The summed E-state index contributed by atoms with van der Waals surface area (Å²) in [7, 11) is 0. The molecule has 0 radical (unpaired) electrons. The summed E-state index contributed by atoms with van der Waals surface area (Å²) in [6.07, 6.45) is -4.82. The fraction of sp³-hybridized carbons (Fsp3) is 1.00. The standard InChI is InChI=1S/C14H24O8/c1-12(2)18-5-7(20-12)8(16)9-10-14(6-15,11(17)19-9)22-13(3,4)21-10/h7-11,15-17H,5-6H2,1-4H3/t7-,8-,9+,10-,11-,14-/m1/s1. The first kappa shape index (κ1) is 16.5. The van der Waals surface area contributed by atoms with E-state index in [4.69, 9.17) is 23.7 Å². The number of hydrogen-bond acceptors (Lipinski definition) is 8. The molecule has 3 heterocycles. The first-order chi connectivity index (χ1) is 10.1. The molecule has 8 nitrogen and oxygen atoms in total. The van der Waals surface area contributed by atoms with E-state index in [1.807, 2.05) is 0 Å². The molecule has 0 aromatic carbocycles. The van der Waals surface area contributed by atoms with Crippen molar-refractivity contribution in [1.82, 2.24) is 0 Å². The Hall–Kier alpha value is -0.320. The van der Waals surface area contributed by atoms with Gasteiger partial charge in [-0.3, -0.25) is 0 Å². The van der Waals surface area contributed by atoms with Gasteiger partial charge in [-0.15, -0.1) is 0 Å². The summed E-state index contributed by atoms with van der Waals surface area (Å²) in [4.78, 5) is 0. The third-order valence-electron chi connectivity index (χ3n) is 4.33. The summed E-state index contributed by atoms with van der Waals surface area (Å²) in [6, 6.07) is 0. The summed E-state index contributed by atoms with van der Waals surface area (Å²) in [5, 5.41) is 30.4. The van der Waals surface area contributed by atoms with Crippen LogP contribution in [-0.2, 0) is 23.7 Å². The second-order valence-corrected chi connectivity index (χ2v) is 6.96. The maximum absolute atomic E-state index is 10.6. The molecule has 3 aliphatic rings. The van der Waals surface area contributed by atoms with Crippen molar-refractivity contribution in [2.24, 2.45) is 0 Å². The highest BCUT2D eigenvalue weighted by atomic mass is 16.8. The van der Waals surface area contributed by atoms with Gasteiger partial charge in [-0.05, 0) is 27.7 Å². The number of hydrogen-bond donors (Lipinski definition) is 3. The van der Waals surface area contributed by atoms with E-state index in [0.717, 1.165) is 0 Å². The van der Waals surface area contributed by atoms with Gasteiger partial charge in [-0.1, -0.05) is 0 Å². The monoisotopic (exact) mass is 320 g/mol. The van der Waals surface area contributed by atoms with Crippen LogP contribution in [-0.4, -0.2) is 76.4 Å². The summed E-state index contributed by atoms with van der Waals surface area (Å²) in [6.45, 7) is 6.57. The predicted molar refractivity (Wildman–Crippen MR) is 71.6 cm³/mol. The fourth-order valence-corrected chi connectivity index (χ4v) is 3.37. The Balaban J connectivity index is 1.81. The third kappa shape index (κ3) is 2.47. The predicted octanol–water partition coefficient (Wildman–Crippen LogP) is -0.901. The highest BCUT2D eigenvalue weighted by molar-refractivity contribution is 5.09. The number of rotatable bonds is 3. The molecule has 0 aromatic rings. The van der Waals surface area contributed by atoms with Crippen molar-refractivity contribution in [3.63, 3.8) is 0 Å². The highest BCUT2D eigenvalue weighted by Crippen LogP contribution is 2.47. The van der Waals surface area contributed by atoms with Gasteiger partial charge >= 0.3 is 0 Å². The Bertz CT molecular complexity index is 439. The summed E-state index contributed by atoms with van der Waals surface area (Å²) < 4.78 is 27.9. The van der Waals surface area contributed by atoms with Crippen LogP contribution in [0.1, 0.15) is 27.7 Å². The SMILES string of the molecule is CC1(C)OC[C@H]([C@@H](O)[C@@H]2O[C@@H](O)[C@]3(CO)OC(C)(C)O[C@H]23)O1. The molecule has 8 heteroatoms. The van der Waals surface area contributed by atoms with E-state index in [0.29, 0.717) is 0 Å². The van der Waals surface area contributed by atoms with Crippen LogP contribution in [0, 0.1) is 0 Å². The maximum atomic E-state index is 10.6. The van der Waals surface area contributed by atoms with Crippen LogP contribution in [0.5, 0.6) is 0 Å². The third-order valence-corrected chi connectivity index (χ3v) is 4.33. The van der Waals surface area contributed by atoms with Crippen molar-refractivity contribution in [3.8, 4) is 0 Å². The van der Waals surface area contributed by atoms with Crippen molar-refractivity contribution >= 4 is 0 Å². The summed E-state index contributed by atoms with van der Waals surface area (Å²) in [5.41, 5.74) is -1.41. The molecule has 22 heavy (non-hydrogen) atoms. The Kier molecular flexibility index (Phi) is 3.82. The molecule has 6 atom stereocenters. The summed E-state index contributed by atoms with van der Waals surface area (Å²) in [5.74, 6) is -1.79. The normalized spacial score (nSPS) is 47.6. The van der Waals surface area contributed by atoms with E-state index in [1.54, 1.807) is 27.7 Å². The first-order valence-corrected chi connectivity index (χ1v) is 7.42. The van der Waals surface area contributed by atoms with Crippen molar-refractivity contribution in [2.45, 2.75) is 75.6 Å². The largest absolute Gasteiger partial charge is 0.393 e. The van der Waals surface area contributed by atoms with E-state index in [9.17, 15) is 15.3 Å². The Morgan fingerprint density at radius 1 is 1.14 bits per heavy atom. The molecule has 3 rings (SSSR count). The van der Waals surface area contributed by atoms with Gasteiger partial charge in [0.15, 0.2) is 23.5 Å². The zero-order valence-corrected chi connectivity index (χ0v) is 13.2. The van der Waals surface area contributed by atoms with Gasteiger partial charge in [0.2, 0.25) is 0 Å². The van der Waals surface area contributed by atoms with E-state index in [-0.39, 0.29) is 6.61 Å². The van der Waals surface area contributed by atoms with Crippen molar-refractivity contribution in [3.05, 3.63) is 0 Å². The van der Waals surface area contributed by atoms with Crippen LogP contribution in [0.15, 0.2) is 0 Å². The van der Waals surface area contributed by atoms with Gasteiger partial charge in [0.1, 0.15) is 24.4 Å². The smallest absolute Gasteiger partial charge is 0.189 e. The van der Waals surface area contributed by atoms with Crippen LogP contribution < -0.4 is 0 Å². The molecule has 0 bridgehead atoms. The molecule has 0 spiro atoms. The number of aliphatic hydroxyl groups is 3. The molecule has 3 aliphatic heterocycles. The van der Waals surface area contributed by atoms with Crippen molar-refractivity contribution in [1.29, 1.82) is 0 Å². The topological polar surface area (TPSA) is 107 Å².